The Kier molecular flexibility index (Phi) is 38.1. The molecule has 0 aliphatic heterocycles. The van der Waals surface area contributed by atoms with E-state index in [1.165, 1.54) is 12.8 Å². The molecule has 0 spiro atoms. The highest BCUT2D eigenvalue weighted by Gasteiger charge is 1.66. The summed E-state index contributed by atoms with van der Waals surface area (Å²) in [5.41, 5.74) is 0. The van der Waals surface area contributed by atoms with E-state index in [0.717, 1.165) is 13.0 Å². The minimum absolute atomic E-state index is 0. The molecule has 66 valence electrons. The van der Waals surface area contributed by atoms with Gasteiger partial charge in [0.25, 0.3) is 0 Å². The van der Waals surface area contributed by atoms with E-state index in [1.54, 1.807) is 7.11 Å². The Labute approximate surface area is 66.8 Å². The van der Waals surface area contributed by atoms with Gasteiger partial charge in [-0.05, 0) is 6.42 Å². The van der Waals surface area contributed by atoms with Gasteiger partial charge in [0.1, 0.15) is 0 Å². The highest BCUT2D eigenvalue weighted by molar-refractivity contribution is 4.15. The Balaban J connectivity index is -0.0000000910. The fraction of sp³-hybridized carbons (Fsp3) is 1.00. The van der Waals surface area contributed by atoms with Crippen LogP contribution in [-0.2, 0) is 4.74 Å². The third-order valence-corrected chi connectivity index (χ3v) is 0.908. The second-order valence-corrected chi connectivity index (χ2v) is 1.99. The monoisotopic (exact) mass is 148 g/mol. The molecule has 0 saturated carbocycles. The van der Waals surface area contributed by atoms with Crippen LogP contribution in [0.5, 0.6) is 0 Å². The minimum Gasteiger partial charge on any atom is -0.385 e. The predicted octanol–water partition coefficient (Wildman–Crippen LogP) is 3.49. The number of rotatable bonds is 3. The molecular formula is C9H24O. The van der Waals surface area contributed by atoms with Gasteiger partial charge in [-0.15, -0.1) is 0 Å². The molecule has 0 aromatic heterocycles. The van der Waals surface area contributed by atoms with Crippen molar-refractivity contribution in [3.63, 3.8) is 0 Å². The summed E-state index contributed by atoms with van der Waals surface area (Å²) in [4.78, 5) is 0. The lowest BCUT2D eigenvalue weighted by atomic mass is 10.4. The lowest BCUT2D eigenvalue weighted by Gasteiger charge is -1.84. The minimum atomic E-state index is 0. The second-order valence-electron chi connectivity index (χ2n) is 1.99. The summed E-state index contributed by atoms with van der Waals surface area (Å²) < 4.78 is 4.69. The third-order valence-electron chi connectivity index (χ3n) is 0.908. The van der Waals surface area contributed by atoms with Gasteiger partial charge in [-0.3, -0.25) is 0 Å². The first kappa shape index (κ1) is 16.5. The molecule has 10 heavy (non-hydrogen) atoms. The van der Waals surface area contributed by atoms with Gasteiger partial charge < -0.3 is 4.74 Å². The molecule has 0 N–H and O–H groups in total. The molecule has 0 aliphatic rings. The van der Waals surface area contributed by atoms with Crippen LogP contribution in [0.15, 0.2) is 0 Å². The van der Waals surface area contributed by atoms with Crippen LogP contribution in [0.1, 0.15) is 47.5 Å². The maximum Gasteiger partial charge on any atom is 0.0459 e. The average molecular weight is 148 g/mol. The van der Waals surface area contributed by atoms with Crippen LogP contribution in [-0.4, -0.2) is 13.7 Å². The van der Waals surface area contributed by atoms with Crippen LogP contribution in [0.2, 0.25) is 0 Å². The van der Waals surface area contributed by atoms with Crippen molar-refractivity contribution >= 4 is 0 Å². The molecule has 0 heterocycles. The molecule has 0 saturated heterocycles. The van der Waals surface area contributed by atoms with Crippen molar-refractivity contribution in [1.29, 1.82) is 0 Å². The molecule has 0 aliphatic carbocycles. The summed E-state index contributed by atoms with van der Waals surface area (Å²) in [5, 5.41) is 0. The summed E-state index contributed by atoms with van der Waals surface area (Å²) in [6.07, 6.45) is 3.76. The first-order valence-electron chi connectivity index (χ1n) is 3.82. The fourth-order valence-electron chi connectivity index (χ4n) is 0.204. The van der Waals surface area contributed by atoms with Crippen molar-refractivity contribution in [3.8, 4) is 0 Å². The summed E-state index contributed by atoms with van der Waals surface area (Å²) in [7, 11) is 1.71. The van der Waals surface area contributed by atoms with Crippen LogP contribution in [0.25, 0.3) is 0 Å². The lowest BCUT2D eigenvalue weighted by Crippen LogP contribution is -1.80. The van der Waals surface area contributed by atoms with Crippen molar-refractivity contribution in [2.24, 2.45) is 0 Å². The zero-order chi connectivity index (χ0) is 7.54. The summed E-state index contributed by atoms with van der Waals surface area (Å²) in [5.74, 6) is 0. The molecule has 0 unspecified atom stereocenters. The van der Waals surface area contributed by atoms with Gasteiger partial charge in [0.2, 0.25) is 0 Å². The lowest BCUT2D eigenvalue weighted by molar-refractivity contribution is 0.199. The molecule has 0 atom stereocenters. The average Bonchev–Trinajstić information content (AvgIpc) is 1.91. The van der Waals surface area contributed by atoms with Gasteiger partial charge in [0, 0.05) is 13.7 Å². The molecule has 1 heteroatoms. The molecular weight excluding hydrogens is 124 g/mol. The molecule has 0 radical (unpaired) electrons. The van der Waals surface area contributed by atoms with Crippen molar-refractivity contribution < 1.29 is 4.74 Å². The highest BCUT2D eigenvalue weighted by Crippen LogP contribution is 1.76. The van der Waals surface area contributed by atoms with Crippen LogP contribution in [0, 0.1) is 0 Å². The maximum absolute atomic E-state index is 4.69. The van der Waals surface area contributed by atoms with E-state index in [9.17, 15) is 0 Å². The van der Waals surface area contributed by atoms with E-state index in [4.69, 9.17) is 4.74 Å². The Morgan fingerprint density at radius 2 is 1.30 bits per heavy atom. The third kappa shape index (κ3) is 44.0. The Bertz CT molecular complexity index is 23.9. The van der Waals surface area contributed by atoms with Crippen LogP contribution >= 0.6 is 0 Å². The number of ether oxygens (including phenoxy) is 1. The van der Waals surface area contributed by atoms with Crippen molar-refractivity contribution in [1.82, 2.24) is 0 Å². The van der Waals surface area contributed by atoms with Crippen LogP contribution in [0.3, 0.4) is 0 Å². The smallest absolute Gasteiger partial charge is 0.0459 e. The van der Waals surface area contributed by atoms with E-state index in [-0.39, 0.29) is 7.43 Å². The fourth-order valence-corrected chi connectivity index (χ4v) is 0.204. The van der Waals surface area contributed by atoms with E-state index < -0.39 is 0 Å². The van der Waals surface area contributed by atoms with Crippen molar-refractivity contribution in [2.75, 3.05) is 13.7 Å². The number of hydrogen-bond donors (Lipinski definition) is 0. The Morgan fingerprint density at radius 3 is 1.30 bits per heavy atom. The zero-order valence-electron chi connectivity index (χ0n) is 7.24. The zero-order valence-corrected chi connectivity index (χ0v) is 7.24. The highest BCUT2D eigenvalue weighted by atomic mass is 16.5. The van der Waals surface area contributed by atoms with Gasteiger partial charge in [-0.25, -0.2) is 0 Å². The Hall–Kier alpha value is -0.0400. The van der Waals surface area contributed by atoms with Gasteiger partial charge >= 0.3 is 0 Å². The molecule has 0 amide bonds. The van der Waals surface area contributed by atoms with E-state index >= 15 is 0 Å². The Morgan fingerprint density at radius 1 is 0.900 bits per heavy atom. The van der Waals surface area contributed by atoms with E-state index in [0.29, 0.717) is 0 Å². The second kappa shape index (κ2) is 23.1. The van der Waals surface area contributed by atoms with E-state index in [2.05, 4.69) is 20.8 Å². The molecule has 1 nitrogen and oxygen atoms in total. The normalized spacial score (nSPS) is 7.20. The first-order chi connectivity index (χ1) is 4.33. The molecule has 0 bridgehead atoms. The first-order valence-corrected chi connectivity index (χ1v) is 3.82. The van der Waals surface area contributed by atoms with Gasteiger partial charge in [0.15, 0.2) is 0 Å². The standard InChI is InChI=1S/C4H10O.C4H10.CH4/c1-3-4-5-2;1-3-4-2;/h3-4H2,1-2H3;3-4H2,1-2H3;1H4. The number of hydrogen-bond acceptors (Lipinski definition) is 1. The van der Waals surface area contributed by atoms with Crippen LogP contribution < -0.4 is 0 Å². The maximum atomic E-state index is 4.69. The van der Waals surface area contributed by atoms with Gasteiger partial charge in [-0.1, -0.05) is 41.0 Å². The summed E-state index contributed by atoms with van der Waals surface area (Å²) >= 11 is 0. The SMILES string of the molecule is C.CCCC.CCCOC. The van der Waals surface area contributed by atoms with Crippen molar-refractivity contribution in [2.45, 2.75) is 47.5 Å². The number of methoxy groups -OCH3 is 1. The molecule has 0 aromatic rings. The van der Waals surface area contributed by atoms with Gasteiger partial charge in [0.05, 0.1) is 0 Å². The van der Waals surface area contributed by atoms with Crippen LogP contribution in [0.4, 0.5) is 0 Å². The van der Waals surface area contributed by atoms with Crippen molar-refractivity contribution in [3.05, 3.63) is 0 Å². The predicted molar refractivity (Wildman–Crippen MR) is 49.5 cm³/mol. The molecule has 0 aromatic carbocycles. The number of unbranched alkanes of at least 4 members (excludes halogenated alkanes) is 1. The summed E-state index contributed by atoms with van der Waals surface area (Å²) in [6.45, 7) is 7.34. The molecule has 0 rings (SSSR count). The van der Waals surface area contributed by atoms with E-state index in [1.807, 2.05) is 0 Å². The largest absolute Gasteiger partial charge is 0.385 e. The topological polar surface area (TPSA) is 9.23 Å². The molecule has 0 fully saturated rings. The quantitative estimate of drug-likeness (QED) is 0.595. The van der Waals surface area contributed by atoms with Gasteiger partial charge in [-0.2, -0.15) is 0 Å². The summed E-state index contributed by atoms with van der Waals surface area (Å²) in [6, 6.07) is 0.